The molecule has 0 fully saturated rings. The van der Waals surface area contributed by atoms with Crippen molar-refractivity contribution >= 4 is 29.7 Å². The minimum atomic E-state index is -4.72. The molecule has 0 saturated heterocycles. The summed E-state index contributed by atoms with van der Waals surface area (Å²) in [6.07, 6.45) is -4.72. The molecule has 0 unspecified atom stereocenters. The van der Waals surface area contributed by atoms with E-state index >= 15 is 0 Å². The summed E-state index contributed by atoms with van der Waals surface area (Å²) in [6.45, 7) is 0. The van der Waals surface area contributed by atoms with Gasteiger partial charge in [0.2, 0.25) is 0 Å². The highest BCUT2D eigenvalue weighted by Crippen LogP contribution is 2.29. The Hall–Kier alpha value is -1.63. The molecule has 22 heavy (non-hydrogen) atoms. The van der Waals surface area contributed by atoms with Crippen LogP contribution in [0.1, 0.15) is 17.2 Å². The van der Waals surface area contributed by atoms with Gasteiger partial charge in [-0.05, 0) is 41.5 Å². The van der Waals surface area contributed by atoms with Crippen molar-refractivity contribution in [1.82, 2.24) is 0 Å². The van der Waals surface area contributed by atoms with Crippen LogP contribution in [0.2, 0.25) is 5.02 Å². The second kappa shape index (κ2) is 7.09. The molecule has 8 heteroatoms. The van der Waals surface area contributed by atoms with E-state index in [0.29, 0.717) is 21.8 Å². The van der Waals surface area contributed by atoms with Crippen molar-refractivity contribution in [2.75, 3.05) is 5.73 Å². The van der Waals surface area contributed by atoms with Crippen molar-refractivity contribution in [2.45, 2.75) is 12.4 Å². The third kappa shape index (κ3) is 4.69. The third-order valence-corrected chi connectivity index (χ3v) is 3.09. The topological polar surface area (TPSA) is 61.3 Å². The Kier molecular flexibility index (Phi) is 5.93. The van der Waals surface area contributed by atoms with Crippen molar-refractivity contribution in [2.24, 2.45) is 5.73 Å². The zero-order valence-corrected chi connectivity index (χ0v) is 12.7. The number of nitrogens with two attached hydrogens (primary N) is 2. The molecule has 0 aliphatic carbocycles. The molecule has 0 aliphatic heterocycles. The number of hydrogen-bond donors (Lipinski definition) is 2. The van der Waals surface area contributed by atoms with Gasteiger partial charge >= 0.3 is 6.36 Å². The molecule has 0 amide bonds. The van der Waals surface area contributed by atoms with Crippen LogP contribution >= 0.6 is 24.0 Å². The zero-order chi connectivity index (χ0) is 15.6. The lowest BCUT2D eigenvalue weighted by atomic mass is 9.98. The standard InChI is InChI=1S/C14H12ClF3N2O.ClH/c15-9-3-6-12(19)11(7-9)13(20)8-1-4-10(5-2-8)21-14(16,17)18;/h1-7,13H,19-20H2;1H/t13-;/m1./s1. The van der Waals surface area contributed by atoms with Crippen LogP contribution in [0.25, 0.3) is 0 Å². The number of ether oxygens (including phenoxy) is 1. The molecule has 0 bridgehead atoms. The van der Waals surface area contributed by atoms with Gasteiger partial charge in [0.05, 0.1) is 6.04 Å². The van der Waals surface area contributed by atoms with Gasteiger partial charge in [-0.25, -0.2) is 0 Å². The van der Waals surface area contributed by atoms with E-state index < -0.39 is 12.4 Å². The first kappa shape index (κ1) is 18.4. The van der Waals surface area contributed by atoms with Gasteiger partial charge in [-0.3, -0.25) is 0 Å². The average Bonchev–Trinajstić information content (AvgIpc) is 2.40. The molecule has 2 aromatic carbocycles. The molecule has 0 aliphatic rings. The average molecular weight is 353 g/mol. The molecule has 0 aromatic heterocycles. The summed E-state index contributed by atoms with van der Waals surface area (Å²) in [5.74, 6) is -0.308. The molecule has 120 valence electrons. The van der Waals surface area contributed by atoms with Crippen molar-refractivity contribution in [1.29, 1.82) is 0 Å². The Bertz CT molecular complexity index is 633. The number of alkyl halides is 3. The van der Waals surface area contributed by atoms with E-state index in [0.717, 1.165) is 0 Å². The van der Waals surface area contributed by atoms with Gasteiger partial charge in [0.1, 0.15) is 5.75 Å². The number of anilines is 1. The molecule has 4 N–H and O–H groups in total. The Balaban J connectivity index is 0.00000242. The molecular weight excluding hydrogens is 340 g/mol. The molecular formula is C14H13Cl2F3N2O. The fourth-order valence-electron chi connectivity index (χ4n) is 1.87. The Labute approximate surface area is 136 Å². The lowest BCUT2D eigenvalue weighted by Crippen LogP contribution is -2.17. The first-order valence-corrected chi connectivity index (χ1v) is 6.30. The van der Waals surface area contributed by atoms with Crippen LogP contribution in [-0.4, -0.2) is 6.36 Å². The van der Waals surface area contributed by atoms with Crippen LogP contribution < -0.4 is 16.2 Å². The highest BCUT2D eigenvalue weighted by molar-refractivity contribution is 6.30. The highest BCUT2D eigenvalue weighted by atomic mass is 35.5. The van der Waals surface area contributed by atoms with Crippen molar-refractivity contribution in [3.63, 3.8) is 0 Å². The lowest BCUT2D eigenvalue weighted by molar-refractivity contribution is -0.274. The minimum Gasteiger partial charge on any atom is -0.406 e. The molecule has 0 radical (unpaired) electrons. The quantitative estimate of drug-likeness (QED) is 0.810. The molecule has 2 rings (SSSR count). The number of nitrogen functional groups attached to an aromatic ring is 1. The third-order valence-electron chi connectivity index (χ3n) is 2.86. The van der Waals surface area contributed by atoms with Gasteiger partial charge < -0.3 is 16.2 Å². The molecule has 2 aromatic rings. The Morgan fingerprint density at radius 1 is 1.05 bits per heavy atom. The molecule has 0 heterocycles. The monoisotopic (exact) mass is 352 g/mol. The number of hydrogen-bond acceptors (Lipinski definition) is 3. The van der Waals surface area contributed by atoms with Crippen LogP contribution in [0, 0.1) is 0 Å². The minimum absolute atomic E-state index is 0. The van der Waals surface area contributed by atoms with Gasteiger partial charge in [-0.2, -0.15) is 0 Å². The molecule has 0 spiro atoms. The summed E-state index contributed by atoms with van der Waals surface area (Å²) in [6, 6.07) is 9.59. The normalized spacial score (nSPS) is 12.4. The van der Waals surface area contributed by atoms with E-state index in [2.05, 4.69) is 4.74 Å². The first-order valence-electron chi connectivity index (χ1n) is 5.92. The smallest absolute Gasteiger partial charge is 0.406 e. The van der Waals surface area contributed by atoms with Crippen molar-refractivity contribution in [3.05, 3.63) is 58.6 Å². The molecule has 0 saturated carbocycles. The maximum Gasteiger partial charge on any atom is 0.573 e. The van der Waals surface area contributed by atoms with Gasteiger partial charge in [0, 0.05) is 10.7 Å². The summed E-state index contributed by atoms with van der Waals surface area (Å²) in [7, 11) is 0. The van der Waals surface area contributed by atoms with E-state index in [4.69, 9.17) is 23.1 Å². The fourth-order valence-corrected chi connectivity index (χ4v) is 2.05. The summed E-state index contributed by atoms with van der Waals surface area (Å²) in [4.78, 5) is 0. The Morgan fingerprint density at radius 2 is 1.64 bits per heavy atom. The SMILES string of the molecule is Cl.Nc1ccc(Cl)cc1[C@H](N)c1ccc(OC(F)(F)F)cc1. The van der Waals surface area contributed by atoms with Crippen LogP contribution in [0.15, 0.2) is 42.5 Å². The fraction of sp³-hybridized carbons (Fsp3) is 0.143. The number of halogens is 5. The number of benzene rings is 2. The second-order valence-electron chi connectivity index (χ2n) is 4.37. The van der Waals surface area contributed by atoms with Gasteiger partial charge in [0.25, 0.3) is 0 Å². The van der Waals surface area contributed by atoms with Crippen LogP contribution in [-0.2, 0) is 0 Å². The van der Waals surface area contributed by atoms with Crippen molar-refractivity contribution in [3.8, 4) is 5.75 Å². The van der Waals surface area contributed by atoms with Crippen molar-refractivity contribution < 1.29 is 17.9 Å². The maximum atomic E-state index is 12.1. The Morgan fingerprint density at radius 3 is 2.18 bits per heavy atom. The first-order chi connectivity index (χ1) is 9.76. The van der Waals surface area contributed by atoms with Crippen LogP contribution in [0.3, 0.4) is 0 Å². The maximum absolute atomic E-state index is 12.1. The predicted molar refractivity (Wildman–Crippen MR) is 82.3 cm³/mol. The summed E-state index contributed by atoms with van der Waals surface area (Å²) in [5, 5.41) is 0.478. The van der Waals surface area contributed by atoms with Gasteiger partial charge in [-0.15, -0.1) is 25.6 Å². The van der Waals surface area contributed by atoms with Gasteiger partial charge in [-0.1, -0.05) is 23.7 Å². The van der Waals surface area contributed by atoms with E-state index in [9.17, 15) is 13.2 Å². The van der Waals surface area contributed by atoms with Crippen LogP contribution in [0.4, 0.5) is 18.9 Å². The summed E-state index contributed by atoms with van der Waals surface area (Å²) < 4.78 is 40.1. The van der Waals surface area contributed by atoms with E-state index in [-0.39, 0.29) is 18.2 Å². The highest BCUT2D eigenvalue weighted by Gasteiger charge is 2.31. The largest absolute Gasteiger partial charge is 0.573 e. The lowest BCUT2D eigenvalue weighted by Gasteiger charge is -2.16. The van der Waals surface area contributed by atoms with E-state index in [1.807, 2.05) is 0 Å². The van der Waals surface area contributed by atoms with Gasteiger partial charge in [0.15, 0.2) is 0 Å². The summed E-state index contributed by atoms with van der Waals surface area (Å²) in [5.41, 5.74) is 13.6. The predicted octanol–water partition coefficient (Wildman–Crippen LogP) is 4.29. The second-order valence-corrected chi connectivity index (χ2v) is 4.80. The van der Waals surface area contributed by atoms with Crippen LogP contribution in [0.5, 0.6) is 5.75 Å². The van der Waals surface area contributed by atoms with E-state index in [1.165, 1.54) is 24.3 Å². The summed E-state index contributed by atoms with van der Waals surface area (Å²) >= 11 is 5.89. The zero-order valence-electron chi connectivity index (χ0n) is 11.1. The molecule has 1 atom stereocenters. The van der Waals surface area contributed by atoms with E-state index in [1.54, 1.807) is 18.2 Å². The molecule has 3 nitrogen and oxygen atoms in total. The number of rotatable bonds is 3.